The quantitative estimate of drug-likeness (QED) is 0.855. The van der Waals surface area contributed by atoms with Crippen LogP contribution in [0, 0.1) is 11.7 Å². The van der Waals surface area contributed by atoms with Crippen LogP contribution in [-0.2, 0) is 0 Å². The predicted molar refractivity (Wildman–Crippen MR) is 70.3 cm³/mol. The van der Waals surface area contributed by atoms with Gasteiger partial charge in [-0.15, -0.1) is 0 Å². The molecule has 2 heterocycles. The minimum Gasteiger partial charge on any atom is -0.366 e. The molecule has 0 atom stereocenters. The van der Waals surface area contributed by atoms with Gasteiger partial charge in [-0.05, 0) is 43.5 Å². The van der Waals surface area contributed by atoms with Crippen molar-refractivity contribution in [2.45, 2.75) is 19.8 Å². The maximum Gasteiger partial charge on any atom is 0.224 e. The van der Waals surface area contributed by atoms with E-state index in [1.54, 1.807) is 0 Å². The van der Waals surface area contributed by atoms with Crippen molar-refractivity contribution in [1.82, 2.24) is 14.9 Å². The first-order chi connectivity index (χ1) is 8.65. The Bertz CT molecular complexity index is 394. The number of piperidine rings is 1. The third kappa shape index (κ3) is 3.78. The predicted octanol–water partition coefficient (Wildman–Crippen LogP) is 2.41. The SMILES string of the molecule is CC1CCN(CCNc2nc(Cl)ncc2F)CC1. The van der Waals surface area contributed by atoms with Gasteiger partial charge in [0.25, 0.3) is 0 Å². The molecule has 1 aliphatic heterocycles. The summed E-state index contributed by atoms with van der Waals surface area (Å²) in [6, 6.07) is 0. The summed E-state index contributed by atoms with van der Waals surface area (Å²) in [6.07, 6.45) is 3.57. The summed E-state index contributed by atoms with van der Waals surface area (Å²) in [6.45, 7) is 6.09. The average Bonchev–Trinajstić information content (AvgIpc) is 2.36. The largest absolute Gasteiger partial charge is 0.366 e. The van der Waals surface area contributed by atoms with Gasteiger partial charge >= 0.3 is 0 Å². The highest BCUT2D eigenvalue weighted by atomic mass is 35.5. The molecule has 1 aromatic rings. The maximum absolute atomic E-state index is 13.3. The number of nitrogens with one attached hydrogen (secondary N) is 1. The van der Waals surface area contributed by atoms with Crippen molar-refractivity contribution >= 4 is 17.4 Å². The minimum absolute atomic E-state index is 0.0608. The molecule has 1 aromatic heterocycles. The number of halogens is 2. The van der Waals surface area contributed by atoms with Crippen LogP contribution in [0.5, 0.6) is 0 Å². The van der Waals surface area contributed by atoms with Gasteiger partial charge in [0, 0.05) is 13.1 Å². The molecule has 0 radical (unpaired) electrons. The van der Waals surface area contributed by atoms with Crippen molar-refractivity contribution in [3.63, 3.8) is 0 Å². The summed E-state index contributed by atoms with van der Waals surface area (Å²) in [5.41, 5.74) is 0. The van der Waals surface area contributed by atoms with Crippen LogP contribution in [0.2, 0.25) is 5.28 Å². The molecule has 1 N–H and O–H groups in total. The number of likely N-dealkylation sites (tertiary alicyclic amines) is 1. The molecule has 1 fully saturated rings. The standard InChI is InChI=1S/C12H18ClFN4/c1-9-2-5-18(6-3-9)7-4-15-11-10(14)8-16-12(13)17-11/h8-9H,2-7H2,1H3,(H,15,16,17). The summed E-state index contributed by atoms with van der Waals surface area (Å²) in [4.78, 5) is 9.77. The summed E-state index contributed by atoms with van der Waals surface area (Å²) in [7, 11) is 0. The Morgan fingerprint density at radius 1 is 1.50 bits per heavy atom. The summed E-state index contributed by atoms with van der Waals surface area (Å²) >= 11 is 5.62. The minimum atomic E-state index is -0.466. The lowest BCUT2D eigenvalue weighted by Crippen LogP contribution is -2.36. The van der Waals surface area contributed by atoms with E-state index in [1.807, 2.05) is 0 Å². The van der Waals surface area contributed by atoms with Crippen LogP contribution in [0.3, 0.4) is 0 Å². The molecule has 0 amide bonds. The van der Waals surface area contributed by atoms with Crippen LogP contribution in [0.4, 0.5) is 10.2 Å². The van der Waals surface area contributed by atoms with E-state index < -0.39 is 5.82 Å². The van der Waals surface area contributed by atoms with Crippen LogP contribution < -0.4 is 5.32 Å². The van der Waals surface area contributed by atoms with Crippen molar-refractivity contribution in [2.75, 3.05) is 31.5 Å². The van der Waals surface area contributed by atoms with Crippen molar-refractivity contribution in [3.8, 4) is 0 Å². The number of nitrogens with zero attached hydrogens (tertiary/aromatic N) is 3. The Kier molecular flexibility index (Phi) is 4.72. The zero-order chi connectivity index (χ0) is 13.0. The van der Waals surface area contributed by atoms with Crippen LogP contribution in [-0.4, -0.2) is 41.0 Å². The van der Waals surface area contributed by atoms with E-state index in [2.05, 4.69) is 27.1 Å². The van der Waals surface area contributed by atoms with Gasteiger partial charge in [0.1, 0.15) is 0 Å². The van der Waals surface area contributed by atoms with Gasteiger partial charge in [-0.1, -0.05) is 6.92 Å². The number of hydrogen-bond acceptors (Lipinski definition) is 4. The molecule has 0 aromatic carbocycles. The highest BCUT2D eigenvalue weighted by Crippen LogP contribution is 2.16. The lowest BCUT2D eigenvalue weighted by molar-refractivity contribution is 0.199. The summed E-state index contributed by atoms with van der Waals surface area (Å²) in [5, 5.41) is 3.02. The first-order valence-electron chi connectivity index (χ1n) is 6.29. The second-order valence-corrected chi connectivity index (χ2v) is 5.12. The Balaban J connectivity index is 1.76. The third-order valence-electron chi connectivity index (χ3n) is 3.31. The Hall–Kier alpha value is -0.940. The van der Waals surface area contributed by atoms with Crippen molar-refractivity contribution in [2.24, 2.45) is 5.92 Å². The normalized spacial score (nSPS) is 17.9. The monoisotopic (exact) mass is 272 g/mol. The third-order valence-corrected chi connectivity index (χ3v) is 3.49. The van der Waals surface area contributed by atoms with E-state index in [4.69, 9.17) is 11.6 Å². The van der Waals surface area contributed by atoms with Crippen molar-refractivity contribution in [3.05, 3.63) is 17.3 Å². The van der Waals surface area contributed by atoms with Crippen molar-refractivity contribution in [1.29, 1.82) is 0 Å². The second-order valence-electron chi connectivity index (χ2n) is 4.79. The smallest absolute Gasteiger partial charge is 0.224 e. The molecule has 1 aliphatic rings. The van der Waals surface area contributed by atoms with Crippen LogP contribution >= 0.6 is 11.6 Å². The van der Waals surface area contributed by atoms with Gasteiger partial charge in [-0.25, -0.2) is 9.37 Å². The number of hydrogen-bond donors (Lipinski definition) is 1. The van der Waals surface area contributed by atoms with Gasteiger partial charge in [0.15, 0.2) is 11.6 Å². The molecule has 0 bridgehead atoms. The van der Waals surface area contributed by atoms with Gasteiger partial charge in [-0.2, -0.15) is 4.98 Å². The first kappa shape index (κ1) is 13.5. The summed E-state index contributed by atoms with van der Waals surface area (Å²) in [5.74, 6) is 0.541. The zero-order valence-corrected chi connectivity index (χ0v) is 11.3. The topological polar surface area (TPSA) is 41.0 Å². The number of aromatic nitrogens is 2. The van der Waals surface area contributed by atoms with Crippen LogP contribution in [0.15, 0.2) is 6.20 Å². The highest BCUT2D eigenvalue weighted by molar-refractivity contribution is 6.28. The molecule has 100 valence electrons. The molecule has 2 rings (SSSR count). The zero-order valence-electron chi connectivity index (χ0n) is 10.5. The second kappa shape index (κ2) is 6.29. The molecular weight excluding hydrogens is 255 g/mol. The number of anilines is 1. The van der Waals surface area contributed by atoms with E-state index in [1.165, 1.54) is 12.8 Å². The van der Waals surface area contributed by atoms with Gasteiger partial charge in [0.2, 0.25) is 5.28 Å². The van der Waals surface area contributed by atoms with Crippen molar-refractivity contribution < 1.29 is 4.39 Å². The van der Waals surface area contributed by atoms with Gasteiger partial charge < -0.3 is 10.2 Å². The molecule has 0 saturated carbocycles. The molecule has 4 nitrogen and oxygen atoms in total. The van der Waals surface area contributed by atoms with E-state index in [9.17, 15) is 4.39 Å². The van der Waals surface area contributed by atoms with Crippen LogP contribution in [0.25, 0.3) is 0 Å². The first-order valence-corrected chi connectivity index (χ1v) is 6.67. The molecular formula is C12H18ClFN4. The Morgan fingerprint density at radius 2 is 2.22 bits per heavy atom. The van der Waals surface area contributed by atoms with Gasteiger partial charge in [0.05, 0.1) is 6.20 Å². The number of rotatable bonds is 4. The molecule has 18 heavy (non-hydrogen) atoms. The van der Waals surface area contributed by atoms with E-state index >= 15 is 0 Å². The fourth-order valence-corrected chi connectivity index (χ4v) is 2.22. The average molecular weight is 273 g/mol. The fraction of sp³-hybridized carbons (Fsp3) is 0.667. The Labute approximate surface area is 112 Å². The fourth-order valence-electron chi connectivity index (χ4n) is 2.09. The molecule has 6 heteroatoms. The highest BCUT2D eigenvalue weighted by Gasteiger charge is 2.15. The van der Waals surface area contributed by atoms with Crippen LogP contribution in [0.1, 0.15) is 19.8 Å². The molecule has 0 unspecified atom stereocenters. The lowest BCUT2D eigenvalue weighted by atomic mass is 9.99. The van der Waals surface area contributed by atoms with E-state index in [0.717, 1.165) is 31.7 Å². The Morgan fingerprint density at radius 3 is 2.94 bits per heavy atom. The van der Waals surface area contributed by atoms with E-state index in [0.29, 0.717) is 6.54 Å². The molecule has 0 aliphatic carbocycles. The molecule has 1 saturated heterocycles. The maximum atomic E-state index is 13.3. The van der Waals surface area contributed by atoms with Gasteiger partial charge in [-0.3, -0.25) is 0 Å². The lowest BCUT2D eigenvalue weighted by Gasteiger charge is -2.30. The van der Waals surface area contributed by atoms with E-state index in [-0.39, 0.29) is 11.1 Å². The molecule has 0 spiro atoms. The summed E-state index contributed by atoms with van der Waals surface area (Å²) < 4.78 is 13.3.